The van der Waals surface area contributed by atoms with Crippen LogP contribution in [-0.2, 0) is 14.3 Å². The molecule has 6 heteroatoms. The summed E-state index contributed by atoms with van der Waals surface area (Å²) in [5.41, 5.74) is 1.63. The molecule has 1 unspecified atom stereocenters. The summed E-state index contributed by atoms with van der Waals surface area (Å²) >= 11 is 0. The topological polar surface area (TPSA) is 78.7 Å². The zero-order chi connectivity index (χ0) is 17.2. The molecule has 1 rings (SSSR count). The fraction of sp³-hybridized carbons (Fsp3) is 0.562. The maximum atomic E-state index is 12.1. The normalized spacial score (nSPS) is 12.9. The minimum atomic E-state index is -0.997. The Kier molecular flexibility index (Phi) is 5.30. The van der Waals surface area contributed by atoms with Gasteiger partial charge in [0.05, 0.1) is 17.6 Å². The number of hydrogen-bond acceptors (Lipinski definition) is 5. The minimum Gasteiger partial charge on any atom is -0.467 e. The molecule has 0 aliphatic rings. The van der Waals surface area contributed by atoms with Crippen molar-refractivity contribution in [1.29, 1.82) is 0 Å². The van der Waals surface area contributed by atoms with E-state index in [-0.39, 0.29) is 5.69 Å². The third kappa shape index (κ3) is 3.82. The van der Waals surface area contributed by atoms with Crippen LogP contribution >= 0.6 is 0 Å². The molecule has 22 heavy (non-hydrogen) atoms. The van der Waals surface area contributed by atoms with Gasteiger partial charge in [0.2, 0.25) is 0 Å². The van der Waals surface area contributed by atoms with E-state index in [0.717, 1.165) is 5.56 Å². The number of nitro benzene ring substituents is 1. The second-order valence-electron chi connectivity index (χ2n) is 6.27. The largest absolute Gasteiger partial charge is 0.467 e. The summed E-state index contributed by atoms with van der Waals surface area (Å²) in [6.07, 6.45) is -0.997. The highest BCUT2D eigenvalue weighted by molar-refractivity contribution is 5.78. The van der Waals surface area contributed by atoms with Crippen molar-refractivity contribution in [3.8, 4) is 0 Å². The molecular formula is C16H23NO5. The maximum absolute atomic E-state index is 12.1. The Morgan fingerprint density at radius 3 is 2.18 bits per heavy atom. The monoisotopic (exact) mass is 309 g/mol. The Labute approximate surface area is 130 Å². The smallest absolute Gasteiger partial charge is 0.339 e. The second-order valence-corrected chi connectivity index (χ2v) is 6.27. The number of ether oxygens (including phenoxy) is 2. The first-order chi connectivity index (χ1) is 9.99. The molecule has 1 aromatic rings. The summed E-state index contributed by atoms with van der Waals surface area (Å²) in [6.45, 7) is 10.5. The maximum Gasteiger partial charge on any atom is 0.339 e. The van der Waals surface area contributed by atoms with Gasteiger partial charge in [-0.1, -0.05) is 6.07 Å². The van der Waals surface area contributed by atoms with Crippen molar-refractivity contribution in [3.05, 3.63) is 38.4 Å². The third-order valence-electron chi connectivity index (χ3n) is 3.46. The fourth-order valence-electron chi connectivity index (χ4n) is 2.30. The van der Waals surface area contributed by atoms with Gasteiger partial charge >= 0.3 is 5.97 Å². The number of hydrogen-bond donors (Lipinski definition) is 0. The first-order valence-corrected chi connectivity index (χ1v) is 7.00. The van der Waals surface area contributed by atoms with Crippen molar-refractivity contribution in [2.75, 3.05) is 7.11 Å². The van der Waals surface area contributed by atoms with Gasteiger partial charge in [-0.2, -0.15) is 0 Å². The molecule has 0 amide bonds. The van der Waals surface area contributed by atoms with E-state index < -0.39 is 22.6 Å². The van der Waals surface area contributed by atoms with Crippen LogP contribution in [0.3, 0.4) is 0 Å². The van der Waals surface area contributed by atoms with Crippen LogP contribution in [0, 0.1) is 30.9 Å². The van der Waals surface area contributed by atoms with E-state index >= 15 is 0 Å². The number of benzene rings is 1. The molecule has 0 bridgehead atoms. The van der Waals surface area contributed by atoms with E-state index in [4.69, 9.17) is 9.47 Å². The Bertz CT molecular complexity index is 602. The molecule has 0 saturated carbocycles. The lowest BCUT2D eigenvalue weighted by Gasteiger charge is -2.27. The van der Waals surface area contributed by atoms with Gasteiger partial charge in [0.25, 0.3) is 5.69 Å². The van der Waals surface area contributed by atoms with Crippen molar-refractivity contribution in [2.45, 2.75) is 53.2 Å². The van der Waals surface area contributed by atoms with Crippen LogP contribution in [0.4, 0.5) is 5.69 Å². The van der Waals surface area contributed by atoms with E-state index in [1.54, 1.807) is 26.8 Å². The molecule has 0 spiro atoms. The standard InChI is InChI=1S/C16H23NO5/c1-9-8-12(11(3)13(10(9)2)17(19)20)14(15(18)21-7)22-16(4,5)6/h8,14H,1-7H3. The molecule has 0 aromatic heterocycles. The highest BCUT2D eigenvalue weighted by atomic mass is 16.6. The quantitative estimate of drug-likeness (QED) is 0.483. The van der Waals surface area contributed by atoms with E-state index in [1.165, 1.54) is 7.11 Å². The van der Waals surface area contributed by atoms with E-state index in [1.807, 2.05) is 20.8 Å². The Morgan fingerprint density at radius 2 is 1.77 bits per heavy atom. The summed E-state index contributed by atoms with van der Waals surface area (Å²) in [5.74, 6) is -0.574. The predicted molar refractivity (Wildman–Crippen MR) is 82.9 cm³/mol. The second kappa shape index (κ2) is 6.44. The highest BCUT2D eigenvalue weighted by Gasteiger charge is 2.32. The summed E-state index contributed by atoms with van der Waals surface area (Å²) in [6, 6.07) is 1.75. The summed E-state index contributed by atoms with van der Waals surface area (Å²) < 4.78 is 10.6. The highest BCUT2D eigenvalue weighted by Crippen LogP contribution is 2.35. The zero-order valence-electron chi connectivity index (χ0n) is 14.1. The van der Waals surface area contributed by atoms with Crippen molar-refractivity contribution >= 4 is 11.7 Å². The number of esters is 1. The number of nitrogens with zero attached hydrogens (tertiary/aromatic N) is 1. The molecule has 0 N–H and O–H groups in total. The molecule has 122 valence electrons. The average Bonchev–Trinajstić information content (AvgIpc) is 2.38. The lowest BCUT2D eigenvalue weighted by atomic mass is 9.94. The molecule has 0 heterocycles. The van der Waals surface area contributed by atoms with Gasteiger partial charge in [-0.3, -0.25) is 10.1 Å². The molecule has 0 fully saturated rings. The Hall–Kier alpha value is -1.95. The lowest BCUT2D eigenvalue weighted by molar-refractivity contribution is -0.386. The first-order valence-electron chi connectivity index (χ1n) is 7.00. The van der Waals surface area contributed by atoms with Crippen LogP contribution in [0.25, 0.3) is 0 Å². The Morgan fingerprint density at radius 1 is 1.23 bits per heavy atom. The van der Waals surface area contributed by atoms with Crippen molar-refractivity contribution in [1.82, 2.24) is 0 Å². The van der Waals surface area contributed by atoms with Gasteiger partial charge < -0.3 is 9.47 Å². The van der Waals surface area contributed by atoms with Gasteiger partial charge in [-0.05, 0) is 47.1 Å². The van der Waals surface area contributed by atoms with E-state index in [9.17, 15) is 14.9 Å². The first kappa shape index (κ1) is 18.1. The molecule has 1 atom stereocenters. The lowest BCUT2D eigenvalue weighted by Crippen LogP contribution is -2.29. The van der Waals surface area contributed by atoms with Gasteiger partial charge in [0, 0.05) is 16.7 Å². The molecule has 1 aromatic carbocycles. The number of carbonyl (C=O) groups is 1. The molecule has 0 saturated heterocycles. The van der Waals surface area contributed by atoms with Crippen LogP contribution in [-0.4, -0.2) is 23.6 Å². The van der Waals surface area contributed by atoms with Crippen molar-refractivity contribution < 1.29 is 19.2 Å². The van der Waals surface area contributed by atoms with Gasteiger partial charge in [0.1, 0.15) is 0 Å². The van der Waals surface area contributed by atoms with Crippen LogP contribution in [0.1, 0.15) is 49.1 Å². The molecule has 0 aliphatic carbocycles. The summed E-state index contributed by atoms with van der Waals surface area (Å²) in [7, 11) is 1.27. The van der Waals surface area contributed by atoms with Gasteiger partial charge in [-0.15, -0.1) is 0 Å². The average molecular weight is 309 g/mol. The van der Waals surface area contributed by atoms with Crippen LogP contribution in [0.5, 0.6) is 0 Å². The number of rotatable bonds is 4. The van der Waals surface area contributed by atoms with Crippen molar-refractivity contribution in [2.24, 2.45) is 0 Å². The van der Waals surface area contributed by atoms with E-state index in [0.29, 0.717) is 16.7 Å². The molecule has 0 aliphatic heterocycles. The fourth-order valence-corrected chi connectivity index (χ4v) is 2.30. The minimum absolute atomic E-state index is 0.0152. The number of aryl methyl sites for hydroxylation is 1. The predicted octanol–water partition coefficient (Wildman–Crippen LogP) is 3.55. The summed E-state index contributed by atoms with van der Waals surface area (Å²) in [4.78, 5) is 23.0. The third-order valence-corrected chi connectivity index (χ3v) is 3.46. The van der Waals surface area contributed by atoms with Gasteiger partial charge in [-0.25, -0.2) is 4.79 Å². The van der Waals surface area contributed by atoms with Gasteiger partial charge in [0.15, 0.2) is 6.10 Å². The zero-order valence-corrected chi connectivity index (χ0v) is 14.1. The van der Waals surface area contributed by atoms with E-state index in [2.05, 4.69) is 0 Å². The van der Waals surface area contributed by atoms with Crippen LogP contribution in [0.15, 0.2) is 6.07 Å². The molecular weight excluding hydrogens is 286 g/mol. The van der Waals surface area contributed by atoms with Crippen molar-refractivity contribution in [3.63, 3.8) is 0 Å². The number of nitro groups is 1. The van der Waals surface area contributed by atoms with Crippen LogP contribution < -0.4 is 0 Å². The van der Waals surface area contributed by atoms with Crippen LogP contribution in [0.2, 0.25) is 0 Å². The number of methoxy groups -OCH3 is 1. The Balaban J connectivity index is 3.55. The SMILES string of the molecule is COC(=O)C(OC(C)(C)C)c1cc(C)c(C)c([N+](=O)[O-])c1C. The molecule has 6 nitrogen and oxygen atoms in total. The summed E-state index contributed by atoms with van der Waals surface area (Å²) in [5, 5.41) is 11.3. The molecule has 0 radical (unpaired) electrons. The number of carbonyl (C=O) groups excluding carboxylic acids is 1.